The zero-order valence-corrected chi connectivity index (χ0v) is 11.6. The standard InChI is InChI=1S/C16H17ClO/c1-16(2,3)12-6-9-15(18)14(10-12)11-4-7-13(17)8-5-11/h4-10,18H,1-3H3. The maximum atomic E-state index is 9.99. The van der Waals surface area contributed by atoms with Crippen molar-refractivity contribution in [2.45, 2.75) is 26.2 Å². The third kappa shape index (κ3) is 2.68. The zero-order valence-electron chi connectivity index (χ0n) is 10.9. The molecular weight excluding hydrogens is 244 g/mol. The Hall–Kier alpha value is -1.47. The monoisotopic (exact) mass is 260 g/mol. The van der Waals surface area contributed by atoms with Crippen LogP contribution in [0.1, 0.15) is 26.3 Å². The fourth-order valence-corrected chi connectivity index (χ4v) is 1.99. The van der Waals surface area contributed by atoms with Crippen LogP contribution in [0, 0.1) is 0 Å². The average molecular weight is 261 g/mol. The maximum Gasteiger partial charge on any atom is 0.123 e. The molecular formula is C16H17ClO. The van der Waals surface area contributed by atoms with Gasteiger partial charge in [-0.25, -0.2) is 0 Å². The molecule has 2 aromatic carbocycles. The Balaban J connectivity index is 2.53. The van der Waals surface area contributed by atoms with Crippen LogP contribution >= 0.6 is 11.6 Å². The van der Waals surface area contributed by atoms with Gasteiger partial charge in [-0.3, -0.25) is 0 Å². The number of benzene rings is 2. The van der Waals surface area contributed by atoms with Crippen molar-refractivity contribution in [3.05, 3.63) is 53.1 Å². The Morgan fingerprint density at radius 3 is 2.11 bits per heavy atom. The van der Waals surface area contributed by atoms with E-state index >= 15 is 0 Å². The first kappa shape index (κ1) is 13.0. The Bertz CT molecular complexity index is 550. The van der Waals surface area contributed by atoms with Gasteiger partial charge in [-0.15, -0.1) is 0 Å². The minimum atomic E-state index is 0.0644. The molecule has 2 rings (SSSR count). The maximum absolute atomic E-state index is 9.99. The molecule has 0 spiro atoms. The minimum Gasteiger partial charge on any atom is -0.507 e. The molecule has 0 aliphatic rings. The smallest absolute Gasteiger partial charge is 0.123 e. The molecule has 0 amide bonds. The number of hydrogen-bond donors (Lipinski definition) is 1. The second kappa shape index (κ2) is 4.66. The Morgan fingerprint density at radius 2 is 1.56 bits per heavy atom. The van der Waals surface area contributed by atoms with Crippen molar-refractivity contribution >= 4 is 11.6 Å². The van der Waals surface area contributed by atoms with Gasteiger partial charge in [-0.05, 0) is 40.8 Å². The Morgan fingerprint density at radius 1 is 0.944 bits per heavy atom. The first-order chi connectivity index (χ1) is 8.38. The van der Waals surface area contributed by atoms with E-state index in [2.05, 4.69) is 20.8 Å². The molecule has 94 valence electrons. The van der Waals surface area contributed by atoms with Gasteiger partial charge in [0.05, 0.1) is 0 Å². The summed E-state index contributed by atoms with van der Waals surface area (Å²) in [6, 6.07) is 13.3. The summed E-state index contributed by atoms with van der Waals surface area (Å²) in [6.45, 7) is 6.47. The number of phenols is 1. The number of hydrogen-bond acceptors (Lipinski definition) is 1. The highest BCUT2D eigenvalue weighted by Crippen LogP contribution is 2.34. The van der Waals surface area contributed by atoms with Gasteiger partial charge >= 0.3 is 0 Å². The highest BCUT2D eigenvalue weighted by atomic mass is 35.5. The van der Waals surface area contributed by atoms with Crippen LogP contribution in [0.2, 0.25) is 5.02 Å². The first-order valence-electron chi connectivity index (χ1n) is 5.97. The van der Waals surface area contributed by atoms with Crippen LogP contribution in [0.25, 0.3) is 11.1 Å². The average Bonchev–Trinajstić information content (AvgIpc) is 2.29. The van der Waals surface area contributed by atoms with Crippen molar-refractivity contribution in [3.63, 3.8) is 0 Å². The molecule has 0 aromatic heterocycles. The number of rotatable bonds is 1. The van der Waals surface area contributed by atoms with Gasteiger partial charge in [0.1, 0.15) is 5.75 Å². The molecule has 0 heterocycles. The van der Waals surface area contributed by atoms with Crippen LogP contribution in [0.15, 0.2) is 42.5 Å². The molecule has 0 aliphatic carbocycles. The van der Waals surface area contributed by atoms with Crippen molar-refractivity contribution in [1.29, 1.82) is 0 Å². The normalized spacial score (nSPS) is 11.6. The molecule has 0 atom stereocenters. The quantitative estimate of drug-likeness (QED) is 0.764. The van der Waals surface area contributed by atoms with E-state index < -0.39 is 0 Å². The van der Waals surface area contributed by atoms with Crippen molar-refractivity contribution in [2.24, 2.45) is 0 Å². The van der Waals surface area contributed by atoms with Crippen molar-refractivity contribution in [3.8, 4) is 16.9 Å². The van der Waals surface area contributed by atoms with E-state index in [0.717, 1.165) is 11.1 Å². The number of phenolic OH excluding ortho intramolecular Hbond substituents is 1. The van der Waals surface area contributed by atoms with Crippen molar-refractivity contribution in [2.75, 3.05) is 0 Å². The SMILES string of the molecule is CC(C)(C)c1ccc(O)c(-c2ccc(Cl)cc2)c1. The van der Waals surface area contributed by atoms with Crippen LogP contribution in [-0.4, -0.2) is 5.11 Å². The van der Waals surface area contributed by atoms with E-state index in [-0.39, 0.29) is 5.41 Å². The lowest BCUT2D eigenvalue weighted by atomic mass is 9.85. The minimum absolute atomic E-state index is 0.0644. The molecule has 18 heavy (non-hydrogen) atoms. The second-order valence-electron chi connectivity index (χ2n) is 5.49. The van der Waals surface area contributed by atoms with Crippen LogP contribution in [0.4, 0.5) is 0 Å². The van der Waals surface area contributed by atoms with Gasteiger partial charge < -0.3 is 5.11 Å². The molecule has 2 heteroatoms. The van der Waals surface area contributed by atoms with Crippen LogP contribution in [0.3, 0.4) is 0 Å². The summed E-state index contributed by atoms with van der Waals surface area (Å²) in [4.78, 5) is 0. The fraction of sp³-hybridized carbons (Fsp3) is 0.250. The van der Waals surface area contributed by atoms with Gasteiger partial charge in [-0.2, -0.15) is 0 Å². The van der Waals surface area contributed by atoms with Gasteiger partial charge in [0.25, 0.3) is 0 Å². The number of halogens is 1. The molecule has 0 saturated heterocycles. The van der Waals surface area contributed by atoms with Crippen molar-refractivity contribution in [1.82, 2.24) is 0 Å². The third-order valence-corrected chi connectivity index (χ3v) is 3.27. The molecule has 0 aliphatic heterocycles. The second-order valence-corrected chi connectivity index (χ2v) is 5.93. The van der Waals surface area contributed by atoms with Gasteiger partial charge in [-0.1, -0.05) is 50.6 Å². The van der Waals surface area contributed by atoms with Gasteiger partial charge in [0.15, 0.2) is 0 Å². The molecule has 0 fully saturated rings. The summed E-state index contributed by atoms with van der Waals surface area (Å²) in [6.07, 6.45) is 0. The molecule has 1 nitrogen and oxygen atoms in total. The summed E-state index contributed by atoms with van der Waals surface area (Å²) < 4.78 is 0. The fourth-order valence-electron chi connectivity index (χ4n) is 1.86. The lowest BCUT2D eigenvalue weighted by Crippen LogP contribution is -2.10. The first-order valence-corrected chi connectivity index (χ1v) is 6.35. The zero-order chi connectivity index (χ0) is 13.3. The highest BCUT2D eigenvalue weighted by molar-refractivity contribution is 6.30. The molecule has 1 N–H and O–H groups in total. The predicted octanol–water partition coefficient (Wildman–Crippen LogP) is 5.01. The summed E-state index contributed by atoms with van der Waals surface area (Å²) in [7, 11) is 0. The summed E-state index contributed by atoms with van der Waals surface area (Å²) >= 11 is 5.88. The van der Waals surface area contributed by atoms with E-state index in [9.17, 15) is 5.11 Å². The van der Waals surface area contributed by atoms with Crippen LogP contribution in [0.5, 0.6) is 5.75 Å². The van der Waals surface area contributed by atoms with E-state index in [1.54, 1.807) is 6.07 Å². The third-order valence-electron chi connectivity index (χ3n) is 3.02. The number of aromatic hydroxyl groups is 1. The lowest BCUT2D eigenvalue weighted by molar-refractivity contribution is 0.476. The van der Waals surface area contributed by atoms with Crippen LogP contribution < -0.4 is 0 Å². The molecule has 0 radical (unpaired) electrons. The van der Waals surface area contributed by atoms with Gasteiger partial charge in [0.2, 0.25) is 0 Å². The van der Waals surface area contributed by atoms with Crippen molar-refractivity contribution < 1.29 is 5.11 Å². The largest absolute Gasteiger partial charge is 0.507 e. The van der Waals surface area contributed by atoms with E-state index in [4.69, 9.17) is 11.6 Å². The topological polar surface area (TPSA) is 20.2 Å². The lowest BCUT2D eigenvalue weighted by Gasteiger charge is -2.20. The molecule has 0 bridgehead atoms. The predicted molar refractivity (Wildman–Crippen MR) is 77.3 cm³/mol. The van der Waals surface area contributed by atoms with E-state index in [1.807, 2.05) is 36.4 Å². The molecule has 0 unspecified atom stereocenters. The molecule has 2 aromatic rings. The Labute approximate surface area is 113 Å². The Kier molecular flexibility index (Phi) is 3.36. The summed E-state index contributed by atoms with van der Waals surface area (Å²) in [5, 5.41) is 10.7. The molecule has 0 saturated carbocycles. The van der Waals surface area contributed by atoms with E-state index in [1.165, 1.54) is 5.56 Å². The highest BCUT2D eigenvalue weighted by Gasteiger charge is 2.15. The summed E-state index contributed by atoms with van der Waals surface area (Å²) in [5.74, 6) is 0.297. The van der Waals surface area contributed by atoms with Gasteiger partial charge in [0, 0.05) is 10.6 Å². The van der Waals surface area contributed by atoms with Crippen LogP contribution in [-0.2, 0) is 5.41 Å². The summed E-state index contributed by atoms with van der Waals surface area (Å²) in [5.41, 5.74) is 3.09. The van der Waals surface area contributed by atoms with E-state index in [0.29, 0.717) is 10.8 Å².